The maximum atomic E-state index is 3.60. The van der Waals surface area contributed by atoms with E-state index in [0.717, 1.165) is 6.54 Å². The zero-order valence-electron chi connectivity index (χ0n) is 9.62. The summed E-state index contributed by atoms with van der Waals surface area (Å²) in [7, 11) is 0. The molecule has 0 rings (SSSR count). The Kier molecular flexibility index (Phi) is 4.25. The van der Waals surface area contributed by atoms with Crippen molar-refractivity contribution in [2.24, 2.45) is 5.41 Å². The molecule has 0 aromatic heterocycles. The molecule has 0 radical (unpaired) electrons. The molecule has 0 saturated heterocycles. The molecule has 0 aliphatic heterocycles. The summed E-state index contributed by atoms with van der Waals surface area (Å²) in [4.78, 5) is 0. The highest BCUT2D eigenvalue weighted by Gasteiger charge is 2.31. The highest BCUT2D eigenvalue weighted by molar-refractivity contribution is 4.89. The van der Waals surface area contributed by atoms with Gasteiger partial charge >= 0.3 is 0 Å². The van der Waals surface area contributed by atoms with Crippen LogP contribution in [0.5, 0.6) is 0 Å². The number of unbranched alkanes of at least 4 members (excludes halogenated alkanes) is 1. The predicted molar refractivity (Wildman–Crippen MR) is 56.4 cm³/mol. The summed E-state index contributed by atoms with van der Waals surface area (Å²) in [5.74, 6) is 0. The molecule has 1 heteroatoms. The van der Waals surface area contributed by atoms with Gasteiger partial charge in [-0.2, -0.15) is 0 Å². The van der Waals surface area contributed by atoms with E-state index in [1.165, 1.54) is 12.8 Å². The van der Waals surface area contributed by atoms with Gasteiger partial charge in [0.1, 0.15) is 0 Å². The summed E-state index contributed by atoms with van der Waals surface area (Å²) in [5.41, 5.74) is 0.572. The Morgan fingerprint density at radius 1 is 1.00 bits per heavy atom. The molecule has 0 aliphatic carbocycles. The van der Waals surface area contributed by atoms with Gasteiger partial charge in [-0.1, -0.05) is 34.1 Å². The molecule has 0 atom stereocenters. The van der Waals surface area contributed by atoms with Gasteiger partial charge in [-0.15, -0.1) is 0 Å². The fraction of sp³-hybridized carbons (Fsp3) is 1.00. The topological polar surface area (TPSA) is 12.0 Å². The molecule has 1 nitrogen and oxygen atoms in total. The van der Waals surface area contributed by atoms with E-state index in [1.807, 2.05) is 0 Å². The van der Waals surface area contributed by atoms with E-state index in [9.17, 15) is 0 Å². The van der Waals surface area contributed by atoms with E-state index < -0.39 is 0 Å². The van der Waals surface area contributed by atoms with Crippen LogP contribution in [-0.4, -0.2) is 12.1 Å². The second-order valence-corrected chi connectivity index (χ2v) is 5.16. The lowest BCUT2D eigenvalue weighted by molar-refractivity contribution is 0.176. The van der Waals surface area contributed by atoms with Crippen LogP contribution in [0.1, 0.15) is 54.4 Å². The molecule has 0 aromatic rings. The summed E-state index contributed by atoms with van der Waals surface area (Å²) >= 11 is 0. The zero-order valence-corrected chi connectivity index (χ0v) is 9.62. The van der Waals surface area contributed by atoms with E-state index in [2.05, 4.69) is 46.9 Å². The first-order valence-corrected chi connectivity index (χ1v) is 5.06. The van der Waals surface area contributed by atoms with Crippen molar-refractivity contribution < 1.29 is 0 Å². The van der Waals surface area contributed by atoms with Crippen molar-refractivity contribution in [2.75, 3.05) is 6.54 Å². The van der Waals surface area contributed by atoms with Crippen molar-refractivity contribution in [3.8, 4) is 0 Å². The smallest absolute Gasteiger partial charge is 0.0173 e. The summed E-state index contributed by atoms with van der Waals surface area (Å²) < 4.78 is 0. The van der Waals surface area contributed by atoms with Crippen LogP contribution in [0.25, 0.3) is 0 Å². The van der Waals surface area contributed by atoms with E-state index in [1.54, 1.807) is 0 Å². The van der Waals surface area contributed by atoms with Crippen molar-refractivity contribution in [3.63, 3.8) is 0 Å². The molecule has 12 heavy (non-hydrogen) atoms. The van der Waals surface area contributed by atoms with Crippen molar-refractivity contribution in [2.45, 2.75) is 59.9 Å². The summed E-state index contributed by atoms with van der Waals surface area (Å²) in [6.45, 7) is 14.8. The maximum Gasteiger partial charge on any atom is 0.0173 e. The second kappa shape index (κ2) is 4.27. The molecule has 0 bridgehead atoms. The average Bonchev–Trinajstić information content (AvgIpc) is 1.85. The average molecular weight is 171 g/mol. The minimum absolute atomic E-state index is 0.238. The first-order chi connectivity index (χ1) is 5.31. The highest BCUT2D eigenvalue weighted by Crippen LogP contribution is 2.29. The molecule has 0 spiro atoms. The molecule has 0 unspecified atom stereocenters. The summed E-state index contributed by atoms with van der Waals surface area (Å²) in [6.07, 6.45) is 2.55. The fourth-order valence-corrected chi connectivity index (χ4v) is 0.843. The molecule has 74 valence electrons. The third-order valence-corrected chi connectivity index (χ3v) is 2.97. The van der Waals surface area contributed by atoms with Gasteiger partial charge < -0.3 is 5.32 Å². The van der Waals surface area contributed by atoms with Gasteiger partial charge in [0.15, 0.2) is 0 Å². The summed E-state index contributed by atoms with van der Waals surface area (Å²) in [6, 6.07) is 0. The minimum Gasteiger partial charge on any atom is -0.311 e. The Labute approximate surface area is 77.9 Å². The van der Waals surface area contributed by atoms with Crippen LogP contribution < -0.4 is 5.32 Å². The molecular weight excluding hydrogens is 146 g/mol. The van der Waals surface area contributed by atoms with Crippen LogP contribution in [0, 0.1) is 5.41 Å². The number of hydrogen-bond donors (Lipinski definition) is 1. The Balaban J connectivity index is 3.88. The maximum absolute atomic E-state index is 3.60. The van der Waals surface area contributed by atoms with Gasteiger partial charge in [-0.25, -0.2) is 0 Å². The van der Waals surface area contributed by atoms with Crippen LogP contribution in [0.3, 0.4) is 0 Å². The third kappa shape index (κ3) is 3.57. The summed E-state index contributed by atoms with van der Waals surface area (Å²) in [5, 5.41) is 3.60. The Morgan fingerprint density at radius 2 is 1.50 bits per heavy atom. The van der Waals surface area contributed by atoms with E-state index >= 15 is 0 Å². The number of nitrogens with one attached hydrogen (secondary N) is 1. The van der Waals surface area contributed by atoms with Crippen LogP contribution in [0.15, 0.2) is 0 Å². The molecule has 0 heterocycles. The monoisotopic (exact) mass is 171 g/mol. The van der Waals surface area contributed by atoms with Crippen molar-refractivity contribution in [1.82, 2.24) is 5.32 Å². The normalized spacial score (nSPS) is 13.5. The van der Waals surface area contributed by atoms with E-state index in [0.29, 0.717) is 5.41 Å². The Morgan fingerprint density at radius 3 is 1.83 bits per heavy atom. The predicted octanol–water partition coefficient (Wildman–Crippen LogP) is 3.20. The van der Waals surface area contributed by atoms with Crippen LogP contribution in [-0.2, 0) is 0 Å². The molecule has 0 fully saturated rings. The van der Waals surface area contributed by atoms with Gasteiger partial charge in [0.2, 0.25) is 0 Å². The second-order valence-electron chi connectivity index (χ2n) is 5.16. The van der Waals surface area contributed by atoms with Crippen LogP contribution in [0.4, 0.5) is 0 Å². The number of rotatable bonds is 4. The number of hydrogen-bond acceptors (Lipinski definition) is 1. The molecule has 0 aliphatic rings. The Hall–Kier alpha value is -0.0400. The first kappa shape index (κ1) is 12.0. The van der Waals surface area contributed by atoms with Gasteiger partial charge in [0.25, 0.3) is 0 Å². The van der Waals surface area contributed by atoms with Gasteiger partial charge in [0.05, 0.1) is 0 Å². The molecular formula is C11H25N. The first-order valence-electron chi connectivity index (χ1n) is 5.06. The lowest BCUT2D eigenvalue weighted by Gasteiger charge is -2.40. The zero-order chi connectivity index (χ0) is 9.83. The van der Waals surface area contributed by atoms with E-state index in [4.69, 9.17) is 0 Å². The minimum atomic E-state index is 0.238. The lowest BCUT2D eigenvalue weighted by Crippen LogP contribution is -2.50. The lowest BCUT2D eigenvalue weighted by atomic mass is 9.76. The molecule has 0 saturated carbocycles. The van der Waals surface area contributed by atoms with Gasteiger partial charge in [0, 0.05) is 5.54 Å². The molecule has 0 aromatic carbocycles. The van der Waals surface area contributed by atoms with Crippen LogP contribution in [0.2, 0.25) is 0 Å². The van der Waals surface area contributed by atoms with Crippen LogP contribution >= 0.6 is 0 Å². The SMILES string of the molecule is CCCCNC(C)(C)C(C)(C)C. The van der Waals surface area contributed by atoms with Gasteiger partial charge in [-0.05, 0) is 32.2 Å². The quantitative estimate of drug-likeness (QED) is 0.640. The molecule has 0 amide bonds. The third-order valence-electron chi connectivity index (χ3n) is 2.97. The standard InChI is InChI=1S/C11H25N/c1-7-8-9-12-11(5,6)10(2,3)4/h12H,7-9H2,1-6H3. The fourth-order valence-electron chi connectivity index (χ4n) is 0.843. The van der Waals surface area contributed by atoms with Crippen molar-refractivity contribution in [1.29, 1.82) is 0 Å². The van der Waals surface area contributed by atoms with Crippen molar-refractivity contribution in [3.05, 3.63) is 0 Å². The highest BCUT2D eigenvalue weighted by atomic mass is 15.0. The van der Waals surface area contributed by atoms with Gasteiger partial charge in [-0.3, -0.25) is 0 Å². The largest absolute Gasteiger partial charge is 0.311 e. The molecule has 1 N–H and O–H groups in total. The van der Waals surface area contributed by atoms with Crippen molar-refractivity contribution >= 4 is 0 Å². The Bertz CT molecular complexity index is 119. The van der Waals surface area contributed by atoms with E-state index in [-0.39, 0.29) is 5.54 Å².